The largest absolute Gasteiger partial charge is 0.388 e. The highest BCUT2D eigenvalue weighted by molar-refractivity contribution is 5.85. The van der Waals surface area contributed by atoms with E-state index in [4.69, 9.17) is 4.74 Å². The fourth-order valence-electron chi connectivity index (χ4n) is 9.31. The van der Waals surface area contributed by atoms with E-state index in [1.165, 1.54) is 57.9 Å². The second-order valence-corrected chi connectivity index (χ2v) is 10.6. The summed E-state index contributed by atoms with van der Waals surface area (Å²) in [5.41, 5.74) is 2.03. The van der Waals surface area contributed by atoms with Crippen LogP contribution in [0.15, 0.2) is 12.2 Å². The zero-order chi connectivity index (χ0) is 17.0. The molecule has 4 bridgehead atoms. The van der Waals surface area contributed by atoms with E-state index in [1.54, 1.807) is 0 Å². The van der Waals surface area contributed by atoms with E-state index in [9.17, 15) is 5.11 Å². The van der Waals surface area contributed by atoms with Crippen molar-refractivity contribution < 1.29 is 9.84 Å². The number of ether oxygens (including phenoxy) is 1. The third-order valence-corrected chi connectivity index (χ3v) is 9.95. The first kappa shape index (κ1) is 18.0. The zero-order valence-corrected chi connectivity index (χ0v) is 16.9. The second kappa shape index (κ2) is 5.49. The van der Waals surface area contributed by atoms with Crippen molar-refractivity contribution in [2.45, 2.75) is 70.6 Å². The van der Waals surface area contributed by atoms with Crippen LogP contribution in [0.1, 0.15) is 58.3 Å². The monoisotopic (exact) mass is 379 g/mol. The van der Waals surface area contributed by atoms with Crippen LogP contribution in [-0.4, -0.2) is 42.0 Å². The lowest BCUT2D eigenvalue weighted by Crippen LogP contribution is -2.71. The minimum Gasteiger partial charge on any atom is -0.388 e. The molecule has 1 unspecified atom stereocenters. The van der Waals surface area contributed by atoms with Gasteiger partial charge >= 0.3 is 0 Å². The molecule has 3 nitrogen and oxygen atoms in total. The summed E-state index contributed by atoms with van der Waals surface area (Å²) in [6.45, 7) is 10.2. The molecule has 2 heterocycles. The van der Waals surface area contributed by atoms with Crippen LogP contribution in [0.3, 0.4) is 0 Å². The minimum atomic E-state index is -0.259. The molecule has 4 heteroatoms. The van der Waals surface area contributed by atoms with Gasteiger partial charge < -0.3 is 9.84 Å². The van der Waals surface area contributed by atoms with Gasteiger partial charge in [0.15, 0.2) is 0 Å². The number of aliphatic hydroxyl groups excluding tert-OH is 1. The number of fused-ring (bicyclic) bond motifs is 2. The number of hydrogen-bond donors (Lipinski definition) is 1. The van der Waals surface area contributed by atoms with Crippen LogP contribution in [0.4, 0.5) is 0 Å². The third-order valence-electron chi connectivity index (χ3n) is 9.95. The van der Waals surface area contributed by atoms with E-state index in [0.29, 0.717) is 23.5 Å². The van der Waals surface area contributed by atoms with Gasteiger partial charge in [-0.1, -0.05) is 19.9 Å². The lowest BCUT2D eigenvalue weighted by atomic mass is 9.38. The summed E-state index contributed by atoms with van der Waals surface area (Å²) in [6.07, 6.45) is 10.4. The highest BCUT2D eigenvalue weighted by Gasteiger charge is 2.73. The number of nitrogens with zero attached hydrogens (tertiary/aromatic N) is 1. The lowest BCUT2D eigenvalue weighted by Gasteiger charge is -2.70. The number of hydrogen-bond acceptors (Lipinski definition) is 3. The first-order valence-electron chi connectivity index (χ1n) is 10.7. The van der Waals surface area contributed by atoms with Crippen LogP contribution in [-0.2, 0) is 4.74 Å². The van der Waals surface area contributed by atoms with Crippen molar-refractivity contribution in [3.8, 4) is 0 Å². The van der Waals surface area contributed by atoms with Crippen molar-refractivity contribution in [2.24, 2.45) is 34.0 Å². The molecule has 0 radical (unpaired) electrons. The quantitative estimate of drug-likeness (QED) is 0.646. The topological polar surface area (TPSA) is 32.7 Å². The van der Waals surface area contributed by atoms with E-state index in [0.717, 1.165) is 24.6 Å². The summed E-state index contributed by atoms with van der Waals surface area (Å²) in [5, 5.41) is 11.3. The highest BCUT2D eigenvalue weighted by Crippen LogP contribution is 2.75. The second-order valence-electron chi connectivity index (χ2n) is 10.6. The van der Waals surface area contributed by atoms with Crippen molar-refractivity contribution in [3.63, 3.8) is 0 Å². The van der Waals surface area contributed by atoms with Gasteiger partial charge in [0.2, 0.25) is 0 Å². The lowest BCUT2D eigenvalue weighted by molar-refractivity contribution is -0.276. The maximum Gasteiger partial charge on any atom is 0.117 e. The molecule has 146 valence electrons. The number of piperidine rings is 1. The smallest absolute Gasteiger partial charge is 0.117 e. The van der Waals surface area contributed by atoms with Crippen LogP contribution in [0.5, 0.6) is 0 Å². The van der Waals surface area contributed by atoms with Crippen LogP contribution in [0.25, 0.3) is 0 Å². The molecule has 2 saturated heterocycles. The Kier molecular flexibility index (Phi) is 3.80. The van der Waals surface area contributed by atoms with E-state index >= 15 is 0 Å². The first-order valence-corrected chi connectivity index (χ1v) is 10.7. The third kappa shape index (κ3) is 1.83. The normalized spacial score (nSPS) is 57.8. The van der Waals surface area contributed by atoms with Crippen molar-refractivity contribution in [1.82, 2.24) is 4.90 Å². The van der Waals surface area contributed by atoms with Gasteiger partial charge in [-0.25, -0.2) is 0 Å². The Labute approximate surface area is 163 Å². The van der Waals surface area contributed by atoms with E-state index < -0.39 is 0 Å². The fourth-order valence-corrected chi connectivity index (χ4v) is 9.31. The van der Waals surface area contributed by atoms with Gasteiger partial charge in [0, 0.05) is 23.9 Å². The maximum atomic E-state index is 11.3. The Morgan fingerprint density at radius 2 is 2.00 bits per heavy atom. The molecule has 0 aromatic heterocycles. The van der Waals surface area contributed by atoms with E-state index in [2.05, 4.69) is 18.4 Å². The van der Waals surface area contributed by atoms with E-state index in [-0.39, 0.29) is 29.3 Å². The van der Waals surface area contributed by atoms with Crippen molar-refractivity contribution in [1.29, 1.82) is 0 Å². The molecule has 0 aromatic carbocycles. The predicted octanol–water partition coefficient (Wildman–Crippen LogP) is 4.00. The van der Waals surface area contributed by atoms with Crippen LogP contribution in [0.2, 0.25) is 0 Å². The summed E-state index contributed by atoms with van der Waals surface area (Å²) in [6, 6.07) is 0. The number of rotatable bonds is 0. The SMILES string of the molecule is C=C1[C@H]2CC[C@@H]3[C@@](CC[C@@H]4[C@@]5(C)CCC[C@]43C3OCCN3C5)(C2)[C@H]1O.Cl. The number of aliphatic hydroxyl groups is 1. The molecule has 4 aliphatic carbocycles. The molecule has 1 spiro atoms. The Bertz CT molecular complexity index is 640. The molecule has 0 aromatic rings. The first-order chi connectivity index (χ1) is 12.0. The summed E-state index contributed by atoms with van der Waals surface area (Å²) in [4.78, 5) is 2.69. The Hall–Kier alpha value is -0.0900. The summed E-state index contributed by atoms with van der Waals surface area (Å²) in [5.74, 6) is 2.01. The molecule has 0 amide bonds. The maximum absolute atomic E-state index is 11.3. The van der Waals surface area contributed by atoms with Gasteiger partial charge in [-0.2, -0.15) is 0 Å². The Balaban J connectivity index is 0.00000150. The molecular formula is C22H34ClNO2. The van der Waals surface area contributed by atoms with Gasteiger partial charge in [0.05, 0.1) is 12.7 Å². The van der Waals surface area contributed by atoms with Crippen LogP contribution >= 0.6 is 12.4 Å². The average Bonchev–Trinajstić information content (AvgIpc) is 3.12. The summed E-state index contributed by atoms with van der Waals surface area (Å²) >= 11 is 0. The molecule has 6 rings (SSSR count). The summed E-state index contributed by atoms with van der Waals surface area (Å²) < 4.78 is 6.48. The van der Waals surface area contributed by atoms with Gasteiger partial charge in [-0.15, -0.1) is 12.4 Å². The predicted molar refractivity (Wildman–Crippen MR) is 104 cm³/mol. The molecule has 26 heavy (non-hydrogen) atoms. The summed E-state index contributed by atoms with van der Waals surface area (Å²) in [7, 11) is 0. The fraction of sp³-hybridized carbons (Fsp3) is 0.909. The molecule has 1 N–H and O–H groups in total. The van der Waals surface area contributed by atoms with Crippen molar-refractivity contribution >= 4 is 12.4 Å². The molecule has 6 fully saturated rings. The van der Waals surface area contributed by atoms with Gasteiger partial charge in [-0.3, -0.25) is 4.90 Å². The van der Waals surface area contributed by atoms with Crippen molar-refractivity contribution in [3.05, 3.63) is 12.2 Å². The molecule has 6 aliphatic rings. The van der Waals surface area contributed by atoms with Gasteiger partial charge in [0.25, 0.3) is 0 Å². The molecule has 8 atom stereocenters. The van der Waals surface area contributed by atoms with E-state index in [1.807, 2.05) is 0 Å². The molecular weight excluding hydrogens is 346 g/mol. The average molecular weight is 380 g/mol. The zero-order valence-electron chi connectivity index (χ0n) is 16.1. The van der Waals surface area contributed by atoms with Crippen molar-refractivity contribution in [2.75, 3.05) is 19.7 Å². The van der Waals surface area contributed by atoms with Crippen LogP contribution < -0.4 is 0 Å². The Morgan fingerprint density at radius 3 is 2.85 bits per heavy atom. The standard InChI is InChI=1S/C22H33NO2.ClH/c1-14-15-4-5-17-21(12-15,18(14)24)9-6-16-20(2)7-3-8-22(16,17)19-23(13-20)10-11-25-19;/h15-19,24H,1,3-13H2,2H3;1H/t15-,16+,17+,18-,19?,20-,21+,22-;/m0./s1. The molecule has 2 aliphatic heterocycles. The van der Waals surface area contributed by atoms with Gasteiger partial charge in [0.1, 0.15) is 6.23 Å². The highest BCUT2D eigenvalue weighted by atomic mass is 35.5. The Morgan fingerprint density at radius 1 is 1.15 bits per heavy atom. The number of halogens is 1. The van der Waals surface area contributed by atoms with Gasteiger partial charge in [-0.05, 0) is 73.7 Å². The molecule has 4 saturated carbocycles. The minimum absolute atomic E-state index is 0. The van der Waals surface area contributed by atoms with Crippen LogP contribution in [0, 0.1) is 34.0 Å².